The summed E-state index contributed by atoms with van der Waals surface area (Å²) in [6.45, 7) is 1.43. The number of aromatic nitrogens is 1. The molecule has 6 nitrogen and oxygen atoms in total. The number of carboxylic acid groups (broad SMARTS) is 1. The maximum Gasteiger partial charge on any atom is 0.323 e. The molecular weight excluding hydrogens is 262 g/mol. The summed E-state index contributed by atoms with van der Waals surface area (Å²) in [6, 6.07) is 4.68. The van der Waals surface area contributed by atoms with Crippen molar-refractivity contribution in [2.45, 2.75) is 13.5 Å². The van der Waals surface area contributed by atoms with Crippen LogP contribution in [0.1, 0.15) is 5.69 Å². The number of carbonyl (C=O) groups is 1. The molecule has 0 bridgehead atoms. The van der Waals surface area contributed by atoms with Crippen molar-refractivity contribution in [3.8, 4) is 11.5 Å². The largest absolute Gasteiger partial charge is 0.496 e. The molecule has 0 unspecified atom stereocenters. The second kappa shape index (κ2) is 5.24. The second-order valence-corrected chi connectivity index (χ2v) is 4.32. The number of fused-ring (bicyclic) bond motifs is 1. The molecule has 0 spiro atoms. The Balaban J connectivity index is 2.97. The third kappa shape index (κ3) is 2.20. The highest BCUT2D eigenvalue weighted by Crippen LogP contribution is 2.31. The zero-order chi connectivity index (χ0) is 14.9. The number of carboxylic acids is 1. The molecule has 0 saturated carbocycles. The molecule has 2 rings (SSSR count). The van der Waals surface area contributed by atoms with E-state index in [1.807, 2.05) is 0 Å². The van der Waals surface area contributed by atoms with Crippen LogP contribution in [-0.4, -0.2) is 29.9 Å². The first-order valence-corrected chi connectivity index (χ1v) is 5.96. The van der Waals surface area contributed by atoms with Crippen LogP contribution in [0.3, 0.4) is 0 Å². The number of aryl methyl sites for hydroxylation is 1. The summed E-state index contributed by atoms with van der Waals surface area (Å²) in [5.41, 5.74) is 0.755. The average Bonchev–Trinajstić information content (AvgIpc) is 2.41. The van der Waals surface area contributed by atoms with Crippen molar-refractivity contribution in [3.05, 3.63) is 34.1 Å². The van der Waals surface area contributed by atoms with Gasteiger partial charge in [0.2, 0.25) is 0 Å². The minimum absolute atomic E-state index is 0.227. The van der Waals surface area contributed by atoms with Crippen LogP contribution in [0.15, 0.2) is 23.0 Å². The van der Waals surface area contributed by atoms with Gasteiger partial charge in [0.25, 0.3) is 0 Å². The molecule has 0 saturated heterocycles. The Kier molecular flexibility index (Phi) is 3.65. The maximum atomic E-state index is 12.2. The van der Waals surface area contributed by atoms with Crippen LogP contribution >= 0.6 is 0 Å². The Bertz CT molecular complexity index is 732. The molecule has 0 aliphatic rings. The van der Waals surface area contributed by atoms with Gasteiger partial charge in [0.05, 0.1) is 25.1 Å². The van der Waals surface area contributed by atoms with Crippen molar-refractivity contribution in [2.24, 2.45) is 0 Å². The summed E-state index contributed by atoms with van der Waals surface area (Å²) >= 11 is 0. The molecule has 6 heteroatoms. The van der Waals surface area contributed by atoms with Crippen LogP contribution in [0.4, 0.5) is 0 Å². The van der Waals surface area contributed by atoms with Gasteiger partial charge in [0.1, 0.15) is 18.0 Å². The SMILES string of the molecule is COc1ccc(OC)c2c1c(=O)cc(C)n2CC(=O)O. The van der Waals surface area contributed by atoms with E-state index in [0.717, 1.165) is 0 Å². The van der Waals surface area contributed by atoms with E-state index >= 15 is 0 Å². The predicted molar refractivity (Wildman–Crippen MR) is 73.7 cm³/mol. The van der Waals surface area contributed by atoms with Gasteiger partial charge in [-0.1, -0.05) is 0 Å². The average molecular weight is 277 g/mol. The van der Waals surface area contributed by atoms with Crippen LogP contribution in [0.5, 0.6) is 11.5 Å². The van der Waals surface area contributed by atoms with Crippen molar-refractivity contribution in [1.29, 1.82) is 0 Å². The summed E-state index contributed by atoms with van der Waals surface area (Å²) in [5.74, 6) is -0.171. The van der Waals surface area contributed by atoms with E-state index < -0.39 is 5.97 Å². The predicted octanol–water partition coefficient (Wildman–Crippen LogP) is 1.41. The first-order chi connectivity index (χ1) is 9.49. The number of benzene rings is 1. The Morgan fingerprint density at radius 2 is 1.85 bits per heavy atom. The van der Waals surface area contributed by atoms with E-state index in [2.05, 4.69) is 0 Å². The number of hydrogen-bond acceptors (Lipinski definition) is 4. The molecule has 1 N–H and O–H groups in total. The van der Waals surface area contributed by atoms with Crippen molar-refractivity contribution >= 4 is 16.9 Å². The smallest absolute Gasteiger partial charge is 0.323 e. The van der Waals surface area contributed by atoms with E-state index in [-0.39, 0.29) is 12.0 Å². The van der Waals surface area contributed by atoms with Crippen LogP contribution < -0.4 is 14.9 Å². The third-order valence-electron chi connectivity index (χ3n) is 3.12. The number of pyridine rings is 1. The Hall–Kier alpha value is -2.50. The highest BCUT2D eigenvalue weighted by atomic mass is 16.5. The fourth-order valence-corrected chi connectivity index (χ4v) is 2.25. The molecule has 0 fully saturated rings. The van der Waals surface area contributed by atoms with Gasteiger partial charge in [-0.05, 0) is 19.1 Å². The minimum atomic E-state index is -0.997. The van der Waals surface area contributed by atoms with Crippen molar-refractivity contribution < 1.29 is 19.4 Å². The van der Waals surface area contributed by atoms with Crippen molar-refractivity contribution in [2.75, 3.05) is 14.2 Å². The standard InChI is InChI=1S/C14H15NO5/c1-8-6-9(16)13-10(19-2)4-5-11(20-3)14(13)15(8)7-12(17)18/h4-6H,7H2,1-3H3,(H,17,18). The molecule has 0 atom stereocenters. The second-order valence-electron chi connectivity index (χ2n) is 4.32. The monoisotopic (exact) mass is 277 g/mol. The van der Waals surface area contributed by atoms with Gasteiger partial charge >= 0.3 is 5.97 Å². The maximum absolute atomic E-state index is 12.2. The van der Waals surface area contributed by atoms with Gasteiger partial charge in [-0.2, -0.15) is 0 Å². The van der Waals surface area contributed by atoms with Gasteiger partial charge in [-0.25, -0.2) is 0 Å². The molecule has 106 valence electrons. The Labute approximate surface area is 115 Å². The van der Waals surface area contributed by atoms with Crippen molar-refractivity contribution in [1.82, 2.24) is 4.57 Å². The highest BCUT2D eigenvalue weighted by Gasteiger charge is 2.17. The summed E-state index contributed by atoms with van der Waals surface area (Å²) in [4.78, 5) is 23.2. The zero-order valence-corrected chi connectivity index (χ0v) is 11.5. The third-order valence-corrected chi connectivity index (χ3v) is 3.12. The quantitative estimate of drug-likeness (QED) is 0.914. The van der Waals surface area contributed by atoms with Crippen molar-refractivity contribution in [3.63, 3.8) is 0 Å². The number of ether oxygens (including phenoxy) is 2. The first-order valence-electron chi connectivity index (χ1n) is 5.96. The summed E-state index contributed by atoms with van der Waals surface area (Å²) in [6.07, 6.45) is 0. The highest BCUT2D eigenvalue weighted by molar-refractivity contribution is 5.91. The van der Waals surface area contributed by atoms with E-state index in [4.69, 9.17) is 14.6 Å². The molecule has 0 radical (unpaired) electrons. The molecule has 0 aliphatic heterocycles. The number of hydrogen-bond donors (Lipinski definition) is 1. The molecule has 1 aromatic carbocycles. The van der Waals surface area contributed by atoms with Gasteiger partial charge in [0, 0.05) is 11.8 Å². The zero-order valence-electron chi connectivity index (χ0n) is 11.5. The molecule has 1 aromatic heterocycles. The van der Waals surface area contributed by atoms with E-state index in [1.165, 1.54) is 24.9 Å². The molecule has 0 amide bonds. The number of rotatable bonds is 4. The van der Waals surface area contributed by atoms with Crippen LogP contribution in [0.2, 0.25) is 0 Å². The Morgan fingerprint density at radius 1 is 1.25 bits per heavy atom. The normalized spacial score (nSPS) is 10.6. The molecule has 20 heavy (non-hydrogen) atoms. The number of aliphatic carboxylic acids is 1. The molecule has 2 aromatic rings. The van der Waals surface area contributed by atoms with Crippen LogP contribution in [0, 0.1) is 6.92 Å². The first kappa shape index (κ1) is 13.9. The summed E-state index contributed by atoms with van der Waals surface area (Å²) in [5, 5.41) is 9.36. The fraction of sp³-hybridized carbons (Fsp3) is 0.286. The van der Waals surface area contributed by atoms with Crippen LogP contribution in [-0.2, 0) is 11.3 Å². The van der Waals surface area contributed by atoms with E-state index in [1.54, 1.807) is 19.1 Å². The number of methoxy groups -OCH3 is 2. The minimum Gasteiger partial charge on any atom is -0.496 e. The topological polar surface area (TPSA) is 77.8 Å². The van der Waals surface area contributed by atoms with Gasteiger partial charge < -0.3 is 19.1 Å². The Morgan fingerprint density at radius 3 is 2.40 bits per heavy atom. The molecule has 1 heterocycles. The molecular formula is C14H15NO5. The lowest BCUT2D eigenvalue weighted by Gasteiger charge is -2.16. The molecule has 0 aliphatic carbocycles. The van der Waals surface area contributed by atoms with Gasteiger partial charge in [0.15, 0.2) is 5.43 Å². The summed E-state index contributed by atoms with van der Waals surface area (Å²) < 4.78 is 12.0. The lowest BCUT2D eigenvalue weighted by Crippen LogP contribution is -2.17. The van der Waals surface area contributed by atoms with Gasteiger partial charge in [-0.15, -0.1) is 0 Å². The lowest BCUT2D eigenvalue weighted by atomic mass is 10.1. The van der Waals surface area contributed by atoms with Gasteiger partial charge in [-0.3, -0.25) is 9.59 Å². The van der Waals surface area contributed by atoms with Crippen LogP contribution in [0.25, 0.3) is 10.9 Å². The summed E-state index contributed by atoms with van der Waals surface area (Å²) in [7, 11) is 2.93. The van der Waals surface area contributed by atoms with E-state index in [0.29, 0.717) is 28.1 Å². The van der Waals surface area contributed by atoms with E-state index in [9.17, 15) is 9.59 Å². The lowest BCUT2D eigenvalue weighted by molar-refractivity contribution is -0.137. The number of nitrogens with zero attached hydrogens (tertiary/aromatic N) is 1. The fourth-order valence-electron chi connectivity index (χ4n) is 2.25.